The van der Waals surface area contributed by atoms with Crippen molar-refractivity contribution < 1.29 is 19.1 Å². The van der Waals surface area contributed by atoms with E-state index in [1.807, 2.05) is 62.3 Å². The first-order valence-electron chi connectivity index (χ1n) is 9.47. The van der Waals surface area contributed by atoms with Gasteiger partial charge in [0.2, 0.25) is 11.2 Å². The summed E-state index contributed by atoms with van der Waals surface area (Å²) >= 11 is 0. The summed E-state index contributed by atoms with van der Waals surface area (Å²) in [5.74, 6) is 7.85. The summed E-state index contributed by atoms with van der Waals surface area (Å²) in [4.78, 5) is 25.9. The van der Waals surface area contributed by atoms with E-state index >= 15 is 0 Å². The lowest BCUT2D eigenvalue weighted by Crippen LogP contribution is -2.54. The molecule has 2 fully saturated rings. The third kappa shape index (κ3) is 2.85. The zero-order valence-corrected chi connectivity index (χ0v) is 18.1. The van der Waals surface area contributed by atoms with Crippen molar-refractivity contribution in [3.8, 4) is 24.2 Å². The Bertz CT molecular complexity index is 774. The second-order valence-corrected chi connectivity index (χ2v) is 10.6. The van der Waals surface area contributed by atoms with Crippen molar-refractivity contribution in [2.75, 3.05) is 0 Å². The molecular formula is C23H32O4. The molecule has 1 aliphatic carbocycles. The van der Waals surface area contributed by atoms with E-state index in [-0.39, 0.29) is 11.4 Å². The van der Waals surface area contributed by atoms with E-state index in [1.54, 1.807) is 0 Å². The van der Waals surface area contributed by atoms with E-state index < -0.39 is 33.4 Å². The molecule has 0 spiro atoms. The van der Waals surface area contributed by atoms with Crippen molar-refractivity contribution in [2.24, 2.45) is 21.7 Å². The number of ether oxygens (including phenoxy) is 2. The fourth-order valence-corrected chi connectivity index (χ4v) is 3.85. The van der Waals surface area contributed by atoms with Gasteiger partial charge in [-0.2, -0.15) is 0 Å². The molecule has 2 aliphatic rings. The largest absolute Gasteiger partial charge is 0.446 e. The fraction of sp³-hybridized carbons (Fsp3) is 0.739. The van der Waals surface area contributed by atoms with Crippen LogP contribution in [0.25, 0.3) is 0 Å². The summed E-state index contributed by atoms with van der Waals surface area (Å²) in [5.41, 5.74) is -5.07. The molecule has 0 unspecified atom stereocenters. The molecule has 0 aromatic rings. The fourth-order valence-electron chi connectivity index (χ4n) is 3.85. The Hall–Kier alpha value is -1.94. The number of fused-ring (bicyclic) bond motifs is 2. The van der Waals surface area contributed by atoms with Crippen LogP contribution >= 0.6 is 0 Å². The van der Waals surface area contributed by atoms with Crippen molar-refractivity contribution >= 4 is 11.9 Å². The Labute approximate surface area is 163 Å². The van der Waals surface area contributed by atoms with Gasteiger partial charge in [-0.1, -0.05) is 40.5 Å². The van der Waals surface area contributed by atoms with Crippen LogP contribution in [0, 0.1) is 45.8 Å². The van der Waals surface area contributed by atoms with Crippen LogP contribution in [0.5, 0.6) is 0 Å². The first kappa shape index (κ1) is 21.4. The lowest BCUT2D eigenvalue weighted by molar-refractivity contribution is -0.192. The van der Waals surface area contributed by atoms with Crippen LogP contribution in [-0.2, 0) is 19.1 Å². The first-order valence-corrected chi connectivity index (χ1v) is 9.47. The van der Waals surface area contributed by atoms with Crippen molar-refractivity contribution in [3.05, 3.63) is 0 Å². The van der Waals surface area contributed by atoms with Crippen molar-refractivity contribution in [3.63, 3.8) is 0 Å². The van der Waals surface area contributed by atoms with Crippen LogP contribution < -0.4 is 0 Å². The quantitative estimate of drug-likeness (QED) is 0.540. The van der Waals surface area contributed by atoms with E-state index in [4.69, 9.17) is 15.9 Å². The molecule has 0 aromatic carbocycles. The second-order valence-electron chi connectivity index (χ2n) is 10.6. The maximum Gasteiger partial charge on any atom is 0.353 e. The summed E-state index contributed by atoms with van der Waals surface area (Å²) in [7, 11) is 0. The number of carbonyl (C=O) groups excluding carboxylic acids is 2. The third-order valence-electron chi connectivity index (χ3n) is 6.53. The molecule has 1 saturated heterocycles. The normalized spacial score (nSPS) is 31.2. The molecule has 27 heavy (non-hydrogen) atoms. The van der Waals surface area contributed by atoms with Gasteiger partial charge in [0.25, 0.3) is 0 Å². The number of carbonyl (C=O) groups is 2. The van der Waals surface area contributed by atoms with Gasteiger partial charge < -0.3 is 9.47 Å². The SMILES string of the molecule is C#C[C@@](C#CC(C)(C)C)(OC(=O)[C@@]12CC[C@@](C)(C(=O)O1)C2(C)C)C(C)(C)C. The first-order chi connectivity index (χ1) is 12.0. The number of terminal acetylenes is 1. The van der Waals surface area contributed by atoms with Crippen LogP contribution in [0.1, 0.15) is 75.2 Å². The van der Waals surface area contributed by atoms with Gasteiger partial charge in [-0.3, -0.25) is 4.79 Å². The maximum absolute atomic E-state index is 13.4. The zero-order valence-electron chi connectivity index (χ0n) is 18.1. The molecule has 2 bridgehead atoms. The van der Waals surface area contributed by atoms with Crippen molar-refractivity contribution in [2.45, 2.75) is 86.4 Å². The minimum atomic E-state index is -1.42. The topological polar surface area (TPSA) is 52.6 Å². The molecule has 1 aliphatic heterocycles. The molecule has 4 heteroatoms. The summed E-state index contributed by atoms with van der Waals surface area (Å²) in [6, 6.07) is 0. The van der Waals surface area contributed by atoms with Gasteiger partial charge in [-0.25, -0.2) is 4.79 Å². The molecule has 0 N–H and O–H groups in total. The van der Waals surface area contributed by atoms with Crippen LogP contribution in [0.2, 0.25) is 0 Å². The summed E-state index contributed by atoms with van der Waals surface area (Å²) in [6.45, 7) is 17.2. The highest BCUT2D eigenvalue weighted by molar-refractivity contribution is 5.94. The van der Waals surface area contributed by atoms with Gasteiger partial charge in [0, 0.05) is 16.2 Å². The molecule has 0 aromatic heterocycles. The van der Waals surface area contributed by atoms with Gasteiger partial charge in [0.05, 0.1) is 5.41 Å². The van der Waals surface area contributed by atoms with Crippen LogP contribution in [0.4, 0.5) is 0 Å². The standard InChI is InChI=1S/C23H32O4/c1-11-22(19(5,6)7,14-12-18(2,3)4)26-17(25)23-15-13-21(10,16(24)27-23)20(23,8)9/h1H,13,15H2,2-10H3/t21-,22-,23+/m0/s1. The van der Waals surface area contributed by atoms with E-state index in [9.17, 15) is 9.59 Å². The van der Waals surface area contributed by atoms with Gasteiger partial charge in [0.15, 0.2) is 0 Å². The van der Waals surface area contributed by atoms with Crippen LogP contribution in [0.3, 0.4) is 0 Å². The monoisotopic (exact) mass is 372 g/mol. The Morgan fingerprint density at radius 3 is 1.96 bits per heavy atom. The second kappa shape index (κ2) is 5.78. The van der Waals surface area contributed by atoms with Gasteiger partial charge in [0.1, 0.15) is 0 Å². The zero-order chi connectivity index (χ0) is 21.1. The average Bonchev–Trinajstić information content (AvgIpc) is 2.79. The smallest absolute Gasteiger partial charge is 0.353 e. The maximum atomic E-state index is 13.4. The number of esters is 2. The minimum absolute atomic E-state index is 0.303. The van der Waals surface area contributed by atoms with Gasteiger partial charge in [-0.15, -0.1) is 6.42 Å². The molecule has 1 heterocycles. The summed E-state index contributed by atoms with van der Waals surface area (Å²) in [6.07, 6.45) is 6.86. The third-order valence-corrected chi connectivity index (χ3v) is 6.53. The highest BCUT2D eigenvalue weighted by atomic mass is 16.6. The molecule has 0 amide bonds. The van der Waals surface area contributed by atoms with E-state index in [0.717, 1.165) is 0 Å². The van der Waals surface area contributed by atoms with E-state index in [0.29, 0.717) is 12.8 Å². The Balaban J connectivity index is 2.51. The summed E-state index contributed by atoms with van der Waals surface area (Å²) < 4.78 is 11.6. The molecule has 0 radical (unpaired) electrons. The number of rotatable bonds is 2. The minimum Gasteiger partial charge on any atom is -0.446 e. The average molecular weight is 373 g/mol. The summed E-state index contributed by atoms with van der Waals surface area (Å²) in [5, 5.41) is 0. The number of hydrogen-bond donors (Lipinski definition) is 0. The Morgan fingerprint density at radius 2 is 1.63 bits per heavy atom. The van der Waals surface area contributed by atoms with Crippen molar-refractivity contribution in [1.82, 2.24) is 0 Å². The molecular weight excluding hydrogens is 340 g/mol. The molecule has 148 valence electrons. The van der Waals surface area contributed by atoms with E-state index in [1.165, 1.54) is 0 Å². The predicted octanol–water partition coefficient (Wildman–Crippen LogP) is 4.12. The lowest BCUT2D eigenvalue weighted by Gasteiger charge is -2.40. The Morgan fingerprint density at radius 1 is 1.07 bits per heavy atom. The molecule has 4 nitrogen and oxygen atoms in total. The van der Waals surface area contributed by atoms with Gasteiger partial charge in [-0.05, 0) is 52.4 Å². The Kier molecular flexibility index (Phi) is 4.57. The molecule has 2 rings (SSSR count). The predicted molar refractivity (Wildman–Crippen MR) is 104 cm³/mol. The van der Waals surface area contributed by atoms with E-state index in [2.05, 4.69) is 17.8 Å². The number of hydrogen-bond acceptors (Lipinski definition) is 4. The van der Waals surface area contributed by atoms with Crippen LogP contribution in [-0.4, -0.2) is 23.1 Å². The highest BCUT2D eigenvalue weighted by Gasteiger charge is 2.77. The molecule has 1 saturated carbocycles. The van der Waals surface area contributed by atoms with Gasteiger partial charge >= 0.3 is 11.9 Å². The van der Waals surface area contributed by atoms with Crippen LogP contribution in [0.15, 0.2) is 0 Å². The van der Waals surface area contributed by atoms with Crippen molar-refractivity contribution in [1.29, 1.82) is 0 Å². The molecule has 3 atom stereocenters. The highest BCUT2D eigenvalue weighted by Crippen LogP contribution is 2.66. The lowest BCUT2D eigenvalue weighted by atomic mass is 9.66.